The Balaban J connectivity index is 3.21. The fourth-order valence-electron chi connectivity index (χ4n) is 1.96. The highest BCUT2D eigenvalue weighted by molar-refractivity contribution is 9.10. The maximum atomic E-state index is 10.0. The van der Waals surface area contributed by atoms with E-state index in [-0.39, 0.29) is 6.61 Å². The second-order valence-electron chi connectivity index (χ2n) is 4.33. The number of benzene rings is 1. The molecule has 0 radical (unpaired) electrons. The molecule has 1 N–H and O–H groups in total. The molecular formula is C15H20BrNO4. The third kappa shape index (κ3) is 4.60. The van der Waals surface area contributed by atoms with E-state index in [9.17, 15) is 10.4 Å². The van der Waals surface area contributed by atoms with E-state index in [2.05, 4.69) is 22.0 Å². The van der Waals surface area contributed by atoms with Crippen LogP contribution in [0.25, 0.3) is 0 Å². The second-order valence-corrected chi connectivity index (χ2v) is 5.18. The maximum absolute atomic E-state index is 10.0. The number of methoxy groups -OCH3 is 1. The van der Waals surface area contributed by atoms with Crippen LogP contribution in [0.15, 0.2) is 16.6 Å². The zero-order valence-corrected chi connectivity index (χ0v) is 14.0. The molecule has 0 amide bonds. The van der Waals surface area contributed by atoms with E-state index < -0.39 is 12.0 Å². The first-order valence-electron chi connectivity index (χ1n) is 6.74. The van der Waals surface area contributed by atoms with Crippen molar-refractivity contribution in [2.75, 3.05) is 26.9 Å². The zero-order chi connectivity index (χ0) is 15.8. The Bertz CT molecular complexity index is 501. The summed E-state index contributed by atoms with van der Waals surface area (Å²) in [5, 5.41) is 19.3. The Labute approximate surface area is 133 Å². The van der Waals surface area contributed by atoms with Gasteiger partial charge in [0.15, 0.2) is 11.5 Å². The molecule has 0 spiro atoms. The highest BCUT2D eigenvalue weighted by atomic mass is 79.9. The van der Waals surface area contributed by atoms with Crippen molar-refractivity contribution in [1.82, 2.24) is 0 Å². The molecule has 5 nitrogen and oxygen atoms in total. The molecule has 2 unspecified atom stereocenters. The Morgan fingerprint density at radius 3 is 2.48 bits per heavy atom. The number of ether oxygens (including phenoxy) is 3. The minimum Gasteiger partial charge on any atom is -0.490 e. The SMILES string of the molecule is CCOc1cc(C(C#N)C(O)COC)cc(Br)c1OCC. The highest BCUT2D eigenvalue weighted by Gasteiger charge is 2.24. The lowest BCUT2D eigenvalue weighted by Gasteiger charge is -2.19. The normalized spacial score (nSPS) is 13.3. The first-order chi connectivity index (χ1) is 10.1. The molecule has 116 valence electrons. The summed E-state index contributed by atoms with van der Waals surface area (Å²) in [4.78, 5) is 0. The van der Waals surface area contributed by atoms with Gasteiger partial charge in [-0.15, -0.1) is 0 Å². The van der Waals surface area contributed by atoms with Gasteiger partial charge in [-0.2, -0.15) is 5.26 Å². The van der Waals surface area contributed by atoms with Crippen LogP contribution in [0.1, 0.15) is 25.3 Å². The number of aliphatic hydroxyl groups is 1. The number of hydrogen-bond acceptors (Lipinski definition) is 5. The maximum Gasteiger partial charge on any atom is 0.175 e. The number of aliphatic hydroxyl groups excluding tert-OH is 1. The van der Waals surface area contributed by atoms with Gasteiger partial charge in [0.1, 0.15) is 0 Å². The quantitative estimate of drug-likeness (QED) is 0.774. The van der Waals surface area contributed by atoms with Crippen molar-refractivity contribution in [2.45, 2.75) is 25.9 Å². The van der Waals surface area contributed by atoms with E-state index in [1.807, 2.05) is 13.8 Å². The lowest BCUT2D eigenvalue weighted by atomic mass is 9.95. The van der Waals surface area contributed by atoms with Crippen molar-refractivity contribution >= 4 is 15.9 Å². The molecule has 0 aliphatic rings. The van der Waals surface area contributed by atoms with E-state index in [0.717, 1.165) is 0 Å². The number of hydrogen-bond donors (Lipinski definition) is 1. The third-order valence-corrected chi connectivity index (χ3v) is 3.43. The van der Waals surface area contributed by atoms with Crippen LogP contribution in [-0.4, -0.2) is 38.1 Å². The van der Waals surface area contributed by atoms with Crippen LogP contribution >= 0.6 is 15.9 Å². The van der Waals surface area contributed by atoms with Crippen LogP contribution in [-0.2, 0) is 4.74 Å². The van der Waals surface area contributed by atoms with Crippen molar-refractivity contribution < 1.29 is 19.3 Å². The summed E-state index contributed by atoms with van der Waals surface area (Å²) in [6, 6.07) is 5.60. The standard InChI is InChI=1S/C15H20BrNO4/c1-4-20-14-7-10(6-12(16)15(14)21-5-2)11(8-17)13(18)9-19-3/h6-7,11,13,18H,4-5,9H2,1-3H3. The number of rotatable bonds is 8. The van der Waals surface area contributed by atoms with E-state index in [1.54, 1.807) is 12.1 Å². The minimum absolute atomic E-state index is 0.0903. The average Bonchev–Trinajstić information content (AvgIpc) is 2.44. The summed E-state index contributed by atoms with van der Waals surface area (Å²) in [5.74, 6) is 0.450. The van der Waals surface area contributed by atoms with Crippen molar-refractivity contribution in [2.24, 2.45) is 0 Å². The monoisotopic (exact) mass is 357 g/mol. The van der Waals surface area contributed by atoms with Gasteiger partial charge in [0.05, 0.1) is 42.4 Å². The van der Waals surface area contributed by atoms with Gasteiger partial charge in [-0.05, 0) is 47.5 Å². The number of nitriles is 1. The average molecular weight is 358 g/mol. The smallest absolute Gasteiger partial charge is 0.175 e. The molecule has 0 saturated carbocycles. The number of halogens is 1. The van der Waals surface area contributed by atoms with E-state index >= 15 is 0 Å². The lowest BCUT2D eigenvalue weighted by molar-refractivity contribution is 0.0571. The molecule has 0 saturated heterocycles. The fraction of sp³-hybridized carbons (Fsp3) is 0.533. The molecule has 0 aromatic heterocycles. The largest absolute Gasteiger partial charge is 0.490 e. The fourth-order valence-corrected chi connectivity index (χ4v) is 2.54. The molecular weight excluding hydrogens is 338 g/mol. The lowest BCUT2D eigenvalue weighted by Crippen LogP contribution is -2.22. The van der Waals surface area contributed by atoms with Crippen LogP contribution in [0.4, 0.5) is 0 Å². The molecule has 0 bridgehead atoms. The van der Waals surface area contributed by atoms with E-state index in [4.69, 9.17) is 14.2 Å². The summed E-state index contributed by atoms with van der Waals surface area (Å²) in [5.41, 5.74) is 0.654. The number of nitrogens with zero attached hydrogens (tertiary/aromatic N) is 1. The molecule has 6 heteroatoms. The van der Waals surface area contributed by atoms with Crippen LogP contribution < -0.4 is 9.47 Å². The van der Waals surface area contributed by atoms with Gasteiger partial charge in [-0.1, -0.05) is 0 Å². The van der Waals surface area contributed by atoms with Crippen molar-refractivity contribution in [3.8, 4) is 17.6 Å². The Kier molecular flexibility index (Phi) is 7.51. The predicted octanol–water partition coefficient (Wildman–Crippen LogP) is 2.86. The van der Waals surface area contributed by atoms with Crippen molar-refractivity contribution in [3.05, 3.63) is 22.2 Å². The topological polar surface area (TPSA) is 71.7 Å². The van der Waals surface area contributed by atoms with Crippen molar-refractivity contribution in [1.29, 1.82) is 5.26 Å². The first kappa shape index (κ1) is 17.8. The highest BCUT2D eigenvalue weighted by Crippen LogP contribution is 2.39. The van der Waals surface area contributed by atoms with E-state index in [1.165, 1.54) is 7.11 Å². The van der Waals surface area contributed by atoms with Gasteiger partial charge in [-0.3, -0.25) is 0 Å². The molecule has 0 heterocycles. The molecule has 1 rings (SSSR count). The molecule has 0 fully saturated rings. The summed E-state index contributed by atoms with van der Waals surface area (Å²) in [6.07, 6.45) is -0.903. The summed E-state index contributed by atoms with van der Waals surface area (Å²) in [7, 11) is 1.48. The third-order valence-electron chi connectivity index (χ3n) is 2.84. The Hall–Kier alpha value is -1.29. The Morgan fingerprint density at radius 2 is 1.95 bits per heavy atom. The molecule has 1 aromatic rings. The molecule has 1 aromatic carbocycles. The summed E-state index contributed by atoms with van der Waals surface area (Å²) < 4.78 is 16.7. The van der Waals surface area contributed by atoms with Gasteiger partial charge in [0.2, 0.25) is 0 Å². The molecule has 2 atom stereocenters. The van der Waals surface area contributed by atoms with Crippen molar-refractivity contribution in [3.63, 3.8) is 0 Å². The zero-order valence-electron chi connectivity index (χ0n) is 12.4. The second kappa shape index (κ2) is 8.88. The predicted molar refractivity (Wildman–Crippen MR) is 82.7 cm³/mol. The summed E-state index contributed by atoms with van der Waals surface area (Å²) in [6.45, 7) is 4.83. The van der Waals surface area contributed by atoms with Crippen LogP contribution in [0.3, 0.4) is 0 Å². The van der Waals surface area contributed by atoms with E-state index in [0.29, 0.717) is 34.7 Å². The van der Waals surface area contributed by atoms with Gasteiger partial charge in [0.25, 0.3) is 0 Å². The molecule has 0 aliphatic heterocycles. The van der Waals surface area contributed by atoms with Crippen LogP contribution in [0, 0.1) is 11.3 Å². The molecule has 21 heavy (non-hydrogen) atoms. The Morgan fingerprint density at radius 1 is 1.29 bits per heavy atom. The van der Waals surface area contributed by atoms with Gasteiger partial charge >= 0.3 is 0 Å². The van der Waals surface area contributed by atoms with Gasteiger partial charge < -0.3 is 19.3 Å². The summed E-state index contributed by atoms with van der Waals surface area (Å²) >= 11 is 3.43. The first-order valence-corrected chi connectivity index (χ1v) is 7.53. The van der Waals surface area contributed by atoms with Gasteiger partial charge in [-0.25, -0.2) is 0 Å². The van der Waals surface area contributed by atoms with Gasteiger partial charge in [0, 0.05) is 7.11 Å². The van der Waals surface area contributed by atoms with Crippen LogP contribution in [0.2, 0.25) is 0 Å². The van der Waals surface area contributed by atoms with Crippen LogP contribution in [0.5, 0.6) is 11.5 Å². The minimum atomic E-state index is -0.903. The molecule has 0 aliphatic carbocycles.